The molecule has 0 aliphatic carbocycles. The minimum Gasteiger partial charge on any atom is -0.388 e. The number of oxime groups is 1. The van der Waals surface area contributed by atoms with Crippen LogP contribution in [0.3, 0.4) is 0 Å². The predicted octanol–water partition coefficient (Wildman–Crippen LogP) is 5.00. The van der Waals surface area contributed by atoms with Crippen molar-refractivity contribution in [1.82, 2.24) is 4.90 Å². The van der Waals surface area contributed by atoms with Gasteiger partial charge in [-0.3, -0.25) is 4.90 Å². The van der Waals surface area contributed by atoms with E-state index in [1.807, 2.05) is 0 Å². The van der Waals surface area contributed by atoms with Gasteiger partial charge in [-0.25, -0.2) is 4.39 Å². The van der Waals surface area contributed by atoms with Crippen LogP contribution in [0.1, 0.15) is 36.0 Å². The number of piperidine rings is 1. The van der Waals surface area contributed by atoms with Gasteiger partial charge in [0.2, 0.25) is 0 Å². The summed E-state index contributed by atoms with van der Waals surface area (Å²) in [6, 6.07) is 11.7. The first-order valence-electron chi connectivity index (χ1n) is 9.23. The van der Waals surface area contributed by atoms with Crippen LogP contribution in [-0.4, -0.2) is 29.3 Å². The Labute approximate surface area is 160 Å². The maximum Gasteiger partial charge on any atom is 0.416 e. The molecule has 0 bridgehead atoms. The van der Waals surface area contributed by atoms with Crippen molar-refractivity contribution in [2.75, 3.05) is 13.1 Å². The van der Waals surface area contributed by atoms with E-state index in [0.29, 0.717) is 17.7 Å². The van der Waals surface area contributed by atoms with Crippen LogP contribution in [0.2, 0.25) is 0 Å². The van der Waals surface area contributed by atoms with Crippen LogP contribution in [0.15, 0.2) is 53.7 Å². The van der Waals surface area contributed by atoms with Crippen molar-refractivity contribution < 1.29 is 22.4 Å². The molecule has 1 fully saturated rings. The van der Waals surface area contributed by atoms with Crippen LogP contribution in [0.4, 0.5) is 17.6 Å². The largest absolute Gasteiger partial charge is 0.416 e. The summed E-state index contributed by atoms with van der Waals surface area (Å²) >= 11 is 0. The first-order chi connectivity index (χ1) is 13.3. The minimum atomic E-state index is -4.38. The highest BCUT2D eigenvalue weighted by molar-refractivity contribution is 6.01. The number of hydrogen-bond donors (Lipinski definition) is 0. The molecule has 4 rings (SSSR count). The zero-order chi connectivity index (χ0) is 19.8. The second-order valence-corrected chi connectivity index (χ2v) is 7.47. The van der Waals surface area contributed by atoms with E-state index in [-0.39, 0.29) is 5.82 Å². The van der Waals surface area contributed by atoms with Crippen molar-refractivity contribution in [2.45, 2.75) is 37.6 Å². The molecule has 28 heavy (non-hydrogen) atoms. The molecule has 2 aliphatic rings. The van der Waals surface area contributed by atoms with Crippen molar-refractivity contribution >= 4 is 5.71 Å². The lowest BCUT2D eigenvalue weighted by Crippen LogP contribution is -2.44. The second-order valence-electron chi connectivity index (χ2n) is 7.47. The number of alkyl halides is 3. The molecule has 2 heterocycles. The third-order valence-electron chi connectivity index (χ3n) is 5.45. The fraction of sp³-hybridized carbons (Fsp3) is 0.381. The van der Waals surface area contributed by atoms with E-state index < -0.39 is 17.3 Å². The first kappa shape index (κ1) is 18.9. The fourth-order valence-corrected chi connectivity index (χ4v) is 3.79. The third kappa shape index (κ3) is 4.04. The molecule has 0 radical (unpaired) electrons. The molecular weight excluding hydrogens is 372 g/mol. The molecule has 1 spiro atoms. The van der Waals surface area contributed by atoms with E-state index in [1.165, 1.54) is 18.2 Å². The topological polar surface area (TPSA) is 24.8 Å². The van der Waals surface area contributed by atoms with Gasteiger partial charge in [0.25, 0.3) is 0 Å². The Balaban J connectivity index is 1.37. The fourth-order valence-electron chi connectivity index (χ4n) is 3.79. The smallest absolute Gasteiger partial charge is 0.388 e. The quantitative estimate of drug-likeness (QED) is 0.687. The van der Waals surface area contributed by atoms with Gasteiger partial charge in [0, 0.05) is 44.5 Å². The van der Waals surface area contributed by atoms with Crippen molar-refractivity contribution in [2.24, 2.45) is 5.16 Å². The molecule has 0 amide bonds. The minimum absolute atomic E-state index is 0.250. The van der Waals surface area contributed by atoms with E-state index in [2.05, 4.69) is 10.1 Å². The maximum absolute atomic E-state index is 13.0. The molecule has 0 atom stereocenters. The molecule has 2 aromatic rings. The molecular formula is C21H20F4N2O. The van der Waals surface area contributed by atoms with Crippen LogP contribution in [0.25, 0.3) is 0 Å². The summed E-state index contributed by atoms with van der Waals surface area (Å²) in [7, 11) is 0. The second kappa shape index (κ2) is 7.20. The van der Waals surface area contributed by atoms with Gasteiger partial charge < -0.3 is 4.84 Å². The van der Waals surface area contributed by atoms with Gasteiger partial charge in [0.1, 0.15) is 11.4 Å². The van der Waals surface area contributed by atoms with Gasteiger partial charge in [0.05, 0.1) is 11.3 Å². The lowest BCUT2D eigenvalue weighted by molar-refractivity contribution is -0.137. The average molecular weight is 392 g/mol. The van der Waals surface area contributed by atoms with Crippen LogP contribution in [-0.2, 0) is 17.6 Å². The highest BCUT2D eigenvalue weighted by atomic mass is 19.4. The van der Waals surface area contributed by atoms with Gasteiger partial charge in [0.15, 0.2) is 0 Å². The zero-order valence-electron chi connectivity index (χ0n) is 15.2. The summed E-state index contributed by atoms with van der Waals surface area (Å²) in [5, 5.41) is 4.11. The van der Waals surface area contributed by atoms with E-state index in [1.54, 1.807) is 18.2 Å². The number of likely N-dealkylation sites (tertiary alicyclic amines) is 1. The molecule has 0 unspecified atom stereocenters. The summed E-state index contributed by atoms with van der Waals surface area (Å²) in [6.07, 6.45) is -2.36. The maximum atomic E-state index is 13.0. The first-order valence-corrected chi connectivity index (χ1v) is 9.23. The summed E-state index contributed by atoms with van der Waals surface area (Å²) in [5.74, 6) is -0.250. The summed E-state index contributed by atoms with van der Waals surface area (Å²) < 4.78 is 51.9. The van der Waals surface area contributed by atoms with Gasteiger partial charge in [-0.2, -0.15) is 13.2 Å². The Kier molecular flexibility index (Phi) is 4.87. The van der Waals surface area contributed by atoms with E-state index >= 15 is 0 Å². The van der Waals surface area contributed by atoms with Crippen molar-refractivity contribution in [3.8, 4) is 0 Å². The lowest BCUT2D eigenvalue weighted by atomic mass is 9.85. The molecule has 2 aliphatic heterocycles. The SMILES string of the molecule is Fc1ccc(CN2CCC3(CC2)CC(c2cccc(C(F)(F)F)c2)=NO3)cc1. The van der Waals surface area contributed by atoms with Gasteiger partial charge in [-0.05, 0) is 29.8 Å². The van der Waals surface area contributed by atoms with Gasteiger partial charge in [-0.1, -0.05) is 29.4 Å². The highest BCUT2D eigenvalue weighted by Gasteiger charge is 2.42. The average Bonchev–Trinajstić information content (AvgIpc) is 3.09. The standard InChI is InChI=1S/C21H20F4N2O/c22-18-6-4-15(5-7-18)14-27-10-8-20(9-11-27)13-19(26-28-20)16-2-1-3-17(12-16)21(23,24)25/h1-7,12H,8-11,13-14H2. The van der Waals surface area contributed by atoms with Crippen molar-refractivity contribution in [1.29, 1.82) is 0 Å². The van der Waals surface area contributed by atoms with E-state index in [9.17, 15) is 17.6 Å². The predicted molar refractivity (Wildman–Crippen MR) is 97.3 cm³/mol. The molecule has 3 nitrogen and oxygen atoms in total. The Morgan fingerprint density at radius 2 is 1.75 bits per heavy atom. The number of nitrogens with zero attached hydrogens (tertiary/aromatic N) is 2. The summed E-state index contributed by atoms with van der Waals surface area (Å²) in [5.41, 5.74) is 0.954. The van der Waals surface area contributed by atoms with Crippen LogP contribution in [0.5, 0.6) is 0 Å². The number of benzene rings is 2. The third-order valence-corrected chi connectivity index (χ3v) is 5.45. The van der Waals surface area contributed by atoms with Crippen LogP contribution in [0, 0.1) is 5.82 Å². The highest BCUT2D eigenvalue weighted by Crippen LogP contribution is 2.37. The Morgan fingerprint density at radius 3 is 2.43 bits per heavy atom. The Bertz CT molecular complexity index is 869. The molecule has 0 N–H and O–H groups in total. The normalized spacial score (nSPS) is 19.5. The lowest BCUT2D eigenvalue weighted by Gasteiger charge is -2.37. The Morgan fingerprint density at radius 1 is 1.04 bits per heavy atom. The summed E-state index contributed by atoms with van der Waals surface area (Å²) in [4.78, 5) is 7.99. The van der Waals surface area contributed by atoms with Crippen molar-refractivity contribution in [3.05, 3.63) is 71.0 Å². The van der Waals surface area contributed by atoms with Crippen LogP contribution < -0.4 is 0 Å². The molecule has 148 valence electrons. The van der Waals surface area contributed by atoms with Gasteiger partial charge >= 0.3 is 6.18 Å². The number of halogens is 4. The molecule has 2 aromatic carbocycles. The number of hydrogen-bond acceptors (Lipinski definition) is 3. The van der Waals surface area contributed by atoms with Gasteiger partial charge in [-0.15, -0.1) is 0 Å². The monoisotopic (exact) mass is 392 g/mol. The van der Waals surface area contributed by atoms with E-state index in [0.717, 1.165) is 50.2 Å². The molecule has 0 aromatic heterocycles. The van der Waals surface area contributed by atoms with Crippen LogP contribution >= 0.6 is 0 Å². The zero-order valence-corrected chi connectivity index (χ0v) is 15.2. The van der Waals surface area contributed by atoms with Crippen molar-refractivity contribution in [3.63, 3.8) is 0 Å². The van der Waals surface area contributed by atoms with E-state index in [4.69, 9.17) is 4.84 Å². The molecule has 0 saturated carbocycles. The number of rotatable bonds is 3. The molecule has 1 saturated heterocycles. The Hall–Kier alpha value is -2.41. The molecule has 7 heteroatoms. The summed E-state index contributed by atoms with van der Waals surface area (Å²) in [6.45, 7) is 2.32.